The third-order valence-electron chi connectivity index (χ3n) is 3.13. The molecular formula is C15H14N2. The van der Waals surface area contributed by atoms with E-state index in [0.29, 0.717) is 0 Å². The van der Waals surface area contributed by atoms with Crippen LogP contribution < -0.4 is 0 Å². The zero-order valence-electron chi connectivity index (χ0n) is 10.0. The number of fused-ring (bicyclic) bond motifs is 1. The van der Waals surface area contributed by atoms with Crippen molar-refractivity contribution in [1.82, 2.24) is 9.55 Å². The minimum absolute atomic E-state index is 1.02. The van der Waals surface area contributed by atoms with Gasteiger partial charge in [-0.1, -0.05) is 42.5 Å². The molecule has 0 bridgehead atoms. The lowest BCUT2D eigenvalue weighted by Crippen LogP contribution is -1.93. The van der Waals surface area contributed by atoms with Gasteiger partial charge in [-0.3, -0.25) is 0 Å². The quantitative estimate of drug-likeness (QED) is 0.615. The van der Waals surface area contributed by atoms with Crippen LogP contribution in [0, 0.1) is 6.92 Å². The number of rotatable bonds is 1. The van der Waals surface area contributed by atoms with Gasteiger partial charge in [0.25, 0.3) is 0 Å². The first kappa shape index (κ1) is 10.1. The van der Waals surface area contributed by atoms with Gasteiger partial charge in [0.1, 0.15) is 5.82 Å². The molecule has 0 saturated carbocycles. The summed E-state index contributed by atoms with van der Waals surface area (Å²) in [6, 6.07) is 16.5. The van der Waals surface area contributed by atoms with Crippen LogP contribution in [-0.2, 0) is 7.05 Å². The number of hydrogen-bond donors (Lipinski definition) is 0. The van der Waals surface area contributed by atoms with E-state index < -0.39 is 0 Å². The number of imidazole rings is 1. The van der Waals surface area contributed by atoms with Gasteiger partial charge in [-0.15, -0.1) is 0 Å². The number of aromatic nitrogens is 2. The van der Waals surface area contributed by atoms with E-state index >= 15 is 0 Å². The predicted molar refractivity (Wildman–Crippen MR) is 70.9 cm³/mol. The summed E-state index contributed by atoms with van der Waals surface area (Å²) < 4.78 is 2.17. The van der Waals surface area contributed by atoms with Crippen molar-refractivity contribution >= 4 is 11.0 Å². The molecule has 0 spiro atoms. The number of nitrogens with zero attached hydrogens (tertiary/aromatic N) is 2. The number of para-hydroxylation sites is 1. The van der Waals surface area contributed by atoms with E-state index in [-0.39, 0.29) is 0 Å². The molecule has 3 rings (SSSR count). The Balaban J connectivity index is 2.33. The Morgan fingerprint density at radius 2 is 1.71 bits per heavy atom. The summed E-state index contributed by atoms with van der Waals surface area (Å²) in [5.74, 6) is 1.02. The predicted octanol–water partition coefficient (Wildman–Crippen LogP) is 3.55. The lowest BCUT2D eigenvalue weighted by Gasteiger charge is -2.03. The van der Waals surface area contributed by atoms with Crippen molar-refractivity contribution in [1.29, 1.82) is 0 Å². The van der Waals surface area contributed by atoms with E-state index in [0.717, 1.165) is 16.9 Å². The highest BCUT2D eigenvalue weighted by Crippen LogP contribution is 2.25. The largest absolute Gasteiger partial charge is 0.327 e. The van der Waals surface area contributed by atoms with Crippen LogP contribution >= 0.6 is 0 Å². The summed E-state index contributed by atoms with van der Waals surface area (Å²) >= 11 is 0. The zero-order valence-corrected chi connectivity index (χ0v) is 10.0. The SMILES string of the molecule is Cc1cccc2nc(-c3ccccc3)n(C)c12. The molecule has 2 aromatic carbocycles. The van der Waals surface area contributed by atoms with Crippen LogP contribution in [0.1, 0.15) is 5.56 Å². The Bertz CT molecular complexity index is 666. The summed E-state index contributed by atoms with van der Waals surface area (Å²) in [6.07, 6.45) is 0. The highest BCUT2D eigenvalue weighted by Gasteiger charge is 2.10. The maximum Gasteiger partial charge on any atom is 0.140 e. The second-order valence-electron chi connectivity index (χ2n) is 4.30. The highest BCUT2D eigenvalue weighted by molar-refractivity contribution is 5.83. The average Bonchev–Trinajstić information content (AvgIpc) is 2.69. The van der Waals surface area contributed by atoms with Gasteiger partial charge in [0.15, 0.2) is 0 Å². The molecule has 0 aliphatic carbocycles. The van der Waals surface area contributed by atoms with Gasteiger partial charge < -0.3 is 4.57 Å². The monoisotopic (exact) mass is 222 g/mol. The van der Waals surface area contributed by atoms with Crippen molar-refractivity contribution in [3.63, 3.8) is 0 Å². The molecule has 3 aromatic rings. The normalized spacial score (nSPS) is 10.9. The fourth-order valence-electron chi connectivity index (χ4n) is 2.31. The molecule has 0 N–H and O–H groups in total. The van der Waals surface area contributed by atoms with Crippen LogP contribution in [0.2, 0.25) is 0 Å². The molecule has 2 nitrogen and oxygen atoms in total. The van der Waals surface area contributed by atoms with Gasteiger partial charge in [-0.2, -0.15) is 0 Å². The third-order valence-corrected chi connectivity index (χ3v) is 3.13. The molecule has 84 valence electrons. The molecule has 0 aliphatic heterocycles. The summed E-state index contributed by atoms with van der Waals surface area (Å²) in [6.45, 7) is 2.12. The fraction of sp³-hybridized carbons (Fsp3) is 0.133. The minimum Gasteiger partial charge on any atom is -0.327 e. The summed E-state index contributed by atoms with van der Waals surface area (Å²) in [5.41, 5.74) is 4.70. The molecule has 0 atom stereocenters. The van der Waals surface area contributed by atoms with Crippen molar-refractivity contribution in [2.75, 3.05) is 0 Å². The molecule has 0 saturated heterocycles. The smallest absolute Gasteiger partial charge is 0.140 e. The van der Waals surface area contributed by atoms with Crippen LogP contribution in [0.15, 0.2) is 48.5 Å². The van der Waals surface area contributed by atoms with Gasteiger partial charge in [0.2, 0.25) is 0 Å². The molecule has 0 aliphatic rings. The van der Waals surface area contributed by atoms with Gasteiger partial charge in [0.05, 0.1) is 11.0 Å². The second kappa shape index (κ2) is 3.74. The van der Waals surface area contributed by atoms with Gasteiger partial charge in [-0.05, 0) is 18.6 Å². The van der Waals surface area contributed by atoms with E-state index in [1.807, 2.05) is 18.2 Å². The van der Waals surface area contributed by atoms with E-state index in [2.05, 4.69) is 48.9 Å². The second-order valence-corrected chi connectivity index (χ2v) is 4.30. The molecule has 0 radical (unpaired) electrons. The van der Waals surface area contributed by atoms with Crippen molar-refractivity contribution in [2.45, 2.75) is 6.92 Å². The maximum absolute atomic E-state index is 4.71. The molecule has 0 amide bonds. The summed E-state index contributed by atoms with van der Waals surface area (Å²) in [4.78, 5) is 4.71. The molecule has 17 heavy (non-hydrogen) atoms. The summed E-state index contributed by atoms with van der Waals surface area (Å²) in [5, 5.41) is 0. The Hall–Kier alpha value is -2.09. The van der Waals surface area contributed by atoms with Crippen molar-refractivity contribution in [3.05, 3.63) is 54.1 Å². The lowest BCUT2D eigenvalue weighted by molar-refractivity contribution is 0.955. The maximum atomic E-state index is 4.71. The Labute approximate surface area is 101 Å². The minimum atomic E-state index is 1.02. The van der Waals surface area contributed by atoms with Crippen molar-refractivity contribution in [3.8, 4) is 11.4 Å². The van der Waals surface area contributed by atoms with E-state index in [4.69, 9.17) is 4.98 Å². The van der Waals surface area contributed by atoms with Crippen LogP contribution in [0.5, 0.6) is 0 Å². The number of hydrogen-bond acceptors (Lipinski definition) is 1. The Morgan fingerprint density at radius 1 is 0.941 bits per heavy atom. The summed E-state index contributed by atoms with van der Waals surface area (Å²) in [7, 11) is 2.07. The first-order chi connectivity index (χ1) is 8.27. The van der Waals surface area contributed by atoms with E-state index in [1.165, 1.54) is 11.1 Å². The van der Waals surface area contributed by atoms with E-state index in [9.17, 15) is 0 Å². The zero-order chi connectivity index (χ0) is 11.8. The Morgan fingerprint density at radius 3 is 2.41 bits per heavy atom. The van der Waals surface area contributed by atoms with Crippen LogP contribution in [0.25, 0.3) is 22.4 Å². The van der Waals surface area contributed by atoms with Crippen LogP contribution in [-0.4, -0.2) is 9.55 Å². The van der Waals surface area contributed by atoms with Gasteiger partial charge in [-0.25, -0.2) is 4.98 Å². The fourth-order valence-corrected chi connectivity index (χ4v) is 2.31. The average molecular weight is 222 g/mol. The van der Waals surface area contributed by atoms with Gasteiger partial charge in [0, 0.05) is 12.6 Å². The number of aryl methyl sites for hydroxylation is 2. The molecule has 2 heteroatoms. The standard InChI is InChI=1S/C15H14N2/c1-11-7-6-10-13-14(11)17(2)15(16-13)12-8-4-3-5-9-12/h3-10H,1-2H3. The molecule has 1 aromatic heterocycles. The molecule has 1 heterocycles. The topological polar surface area (TPSA) is 17.8 Å². The highest BCUT2D eigenvalue weighted by atomic mass is 15.1. The van der Waals surface area contributed by atoms with E-state index in [1.54, 1.807) is 0 Å². The van der Waals surface area contributed by atoms with Crippen LogP contribution in [0.4, 0.5) is 0 Å². The number of benzene rings is 2. The van der Waals surface area contributed by atoms with Crippen molar-refractivity contribution < 1.29 is 0 Å². The molecule has 0 unspecified atom stereocenters. The van der Waals surface area contributed by atoms with Crippen molar-refractivity contribution in [2.24, 2.45) is 7.05 Å². The first-order valence-corrected chi connectivity index (χ1v) is 5.75. The first-order valence-electron chi connectivity index (χ1n) is 5.75. The Kier molecular flexibility index (Phi) is 2.22. The third kappa shape index (κ3) is 1.53. The van der Waals surface area contributed by atoms with Crippen LogP contribution in [0.3, 0.4) is 0 Å². The van der Waals surface area contributed by atoms with Gasteiger partial charge >= 0.3 is 0 Å². The molecular weight excluding hydrogens is 208 g/mol. The lowest BCUT2D eigenvalue weighted by atomic mass is 10.2. The molecule has 0 fully saturated rings.